The van der Waals surface area contributed by atoms with E-state index in [2.05, 4.69) is 5.32 Å². The summed E-state index contributed by atoms with van der Waals surface area (Å²) < 4.78 is 23.0. The van der Waals surface area contributed by atoms with Crippen LogP contribution in [0.25, 0.3) is 0 Å². The number of amides is 1. The minimum absolute atomic E-state index is 0.408. The molecule has 106 valence electrons. The SMILES string of the molecule is CCCNC(=O)Cn1cc(S(=O)(=O)Cl)c(=O)[nH]c1=O. The van der Waals surface area contributed by atoms with Gasteiger partial charge in [-0.2, -0.15) is 0 Å². The van der Waals surface area contributed by atoms with E-state index in [0.29, 0.717) is 13.0 Å². The van der Waals surface area contributed by atoms with Gasteiger partial charge < -0.3 is 5.32 Å². The van der Waals surface area contributed by atoms with Crippen LogP contribution in [-0.2, 0) is 20.4 Å². The number of hydrogen-bond acceptors (Lipinski definition) is 5. The summed E-state index contributed by atoms with van der Waals surface area (Å²) >= 11 is 0. The molecule has 10 heteroatoms. The molecule has 0 aliphatic rings. The van der Waals surface area contributed by atoms with Crippen LogP contribution in [0.15, 0.2) is 20.7 Å². The molecule has 0 spiro atoms. The van der Waals surface area contributed by atoms with Crippen molar-refractivity contribution in [3.05, 3.63) is 27.0 Å². The van der Waals surface area contributed by atoms with Gasteiger partial charge in [-0.1, -0.05) is 6.92 Å². The van der Waals surface area contributed by atoms with Gasteiger partial charge in [0, 0.05) is 23.4 Å². The first-order valence-corrected chi connectivity index (χ1v) is 7.61. The predicted molar refractivity (Wildman–Crippen MR) is 67.7 cm³/mol. The van der Waals surface area contributed by atoms with Crippen molar-refractivity contribution in [2.24, 2.45) is 0 Å². The summed E-state index contributed by atoms with van der Waals surface area (Å²) in [6.07, 6.45) is 1.46. The van der Waals surface area contributed by atoms with Crippen molar-refractivity contribution in [2.45, 2.75) is 24.8 Å². The molecule has 19 heavy (non-hydrogen) atoms. The van der Waals surface area contributed by atoms with Crippen LogP contribution in [0.4, 0.5) is 0 Å². The number of nitrogens with zero attached hydrogens (tertiary/aromatic N) is 1. The molecule has 1 aromatic rings. The van der Waals surface area contributed by atoms with Gasteiger partial charge in [-0.05, 0) is 6.42 Å². The Balaban J connectivity index is 3.13. The zero-order chi connectivity index (χ0) is 14.6. The first-order valence-electron chi connectivity index (χ1n) is 5.31. The van der Waals surface area contributed by atoms with Crippen LogP contribution >= 0.6 is 10.7 Å². The maximum atomic E-state index is 11.4. The van der Waals surface area contributed by atoms with Crippen molar-refractivity contribution in [1.82, 2.24) is 14.9 Å². The lowest BCUT2D eigenvalue weighted by Gasteiger charge is -2.06. The van der Waals surface area contributed by atoms with Gasteiger partial charge >= 0.3 is 5.69 Å². The van der Waals surface area contributed by atoms with Gasteiger partial charge in [0.25, 0.3) is 14.6 Å². The van der Waals surface area contributed by atoms with E-state index in [1.165, 1.54) is 0 Å². The lowest BCUT2D eigenvalue weighted by atomic mass is 10.4. The fraction of sp³-hybridized carbons (Fsp3) is 0.444. The number of aromatic amines is 1. The second-order valence-corrected chi connectivity index (χ2v) is 6.20. The Morgan fingerprint density at radius 3 is 2.63 bits per heavy atom. The Bertz CT molecular complexity index is 691. The molecule has 0 unspecified atom stereocenters. The van der Waals surface area contributed by atoms with Crippen molar-refractivity contribution in [3.63, 3.8) is 0 Å². The zero-order valence-electron chi connectivity index (χ0n) is 9.97. The summed E-state index contributed by atoms with van der Waals surface area (Å²) in [5.74, 6) is -0.478. The van der Waals surface area contributed by atoms with Gasteiger partial charge in [-0.3, -0.25) is 19.1 Å². The average Bonchev–Trinajstić information content (AvgIpc) is 2.28. The molecule has 1 rings (SSSR count). The predicted octanol–water partition coefficient (Wildman–Crippen LogP) is -1.01. The van der Waals surface area contributed by atoms with Crippen molar-refractivity contribution in [3.8, 4) is 0 Å². The Kier molecular flexibility index (Phi) is 4.90. The molecule has 0 aliphatic heterocycles. The fourth-order valence-electron chi connectivity index (χ4n) is 1.26. The minimum atomic E-state index is -4.29. The third-order valence-corrected chi connectivity index (χ3v) is 3.44. The number of carbonyl (C=O) groups is 1. The smallest absolute Gasteiger partial charge is 0.328 e. The summed E-state index contributed by atoms with van der Waals surface area (Å²) in [7, 11) is 0.756. The van der Waals surface area contributed by atoms with Gasteiger partial charge in [0.15, 0.2) is 4.90 Å². The molecule has 0 saturated carbocycles. The van der Waals surface area contributed by atoms with Gasteiger partial charge in [0.2, 0.25) is 5.91 Å². The summed E-state index contributed by atoms with van der Waals surface area (Å²) in [5, 5.41) is 2.51. The Morgan fingerprint density at radius 1 is 1.47 bits per heavy atom. The van der Waals surface area contributed by atoms with Crippen LogP contribution in [0.1, 0.15) is 13.3 Å². The number of H-pyrrole nitrogens is 1. The van der Waals surface area contributed by atoms with E-state index in [9.17, 15) is 22.8 Å². The topological polar surface area (TPSA) is 118 Å². The molecule has 1 amide bonds. The number of nitrogens with one attached hydrogen (secondary N) is 2. The highest BCUT2D eigenvalue weighted by Crippen LogP contribution is 2.07. The maximum Gasteiger partial charge on any atom is 0.328 e. The van der Waals surface area contributed by atoms with E-state index >= 15 is 0 Å². The van der Waals surface area contributed by atoms with Gasteiger partial charge in [-0.15, -0.1) is 0 Å². The standard InChI is InChI=1S/C9H12ClN3O5S/c1-2-3-11-7(14)5-13-4-6(19(10,17)18)8(15)12-9(13)16/h4H,2-3,5H2,1H3,(H,11,14)(H,12,15,16). The van der Waals surface area contributed by atoms with Crippen molar-refractivity contribution >= 4 is 25.6 Å². The second kappa shape index (κ2) is 6.02. The van der Waals surface area contributed by atoms with Crippen molar-refractivity contribution in [1.29, 1.82) is 0 Å². The third-order valence-electron chi connectivity index (χ3n) is 2.13. The molecule has 0 fully saturated rings. The molecule has 0 atom stereocenters. The lowest BCUT2D eigenvalue weighted by molar-refractivity contribution is -0.121. The van der Waals surface area contributed by atoms with E-state index in [4.69, 9.17) is 10.7 Å². The summed E-state index contributed by atoms with van der Waals surface area (Å²) in [6.45, 7) is 1.87. The molecule has 0 aromatic carbocycles. The highest BCUT2D eigenvalue weighted by atomic mass is 35.7. The fourth-order valence-corrected chi connectivity index (χ4v) is 2.11. The maximum absolute atomic E-state index is 11.4. The monoisotopic (exact) mass is 309 g/mol. The zero-order valence-corrected chi connectivity index (χ0v) is 11.5. The van der Waals surface area contributed by atoms with E-state index in [-0.39, 0.29) is 0 Å². The molecular formula is C9H12ClN3O5S. The van der Waals surface area contributed by atoms with Crippen molar-refractivity contribution < 1.29 is 13.2 Å². The van der Waals surface area contributed by atoms with Gasteiger partial charge in [0.1, 0.15) is 6.54 Å². The van der Waals surface area contributed by atoms with E-state index in [0.717, 1.165) is 10.8 Å². The van der Waals surface area contributed by atoms with Crippen LogP contribution in [0.2, 0.25) is 0 Å². The van der Waals surface area contributed by atoms with E-state index in [1.54, 1.807) is 4.98 Å². The highest BCUT2D eigenvalue weighted by molar-refractivity contribution is 8.13. The number of halogens is 1. The largest absolute Gasteiger partial charge is 0.355 e. The average molecular weight is 310 g/mol. The molecule has 2 N–H and O–H groups in total. The summed E-state index contributed by atoms with van der Waals surface area (Å²) in [5.41, 5.74) is -2.01. The molecule has 1 aromatic heterocycles. The summed E-state index contributed by atoms with van der Waals surface area (Å²) in [4.78, 5) is 35.1. The highest BCUT2D eigenvalue weighted by Gasteiger charge is 2.18. The van der Waals surface area contributed by atoms with Crippen LogP contribution in [0.5, 0.6) is 0 Å². The first-order chi connectivity index (χ1) is 8.75. The van der Waals surface area contributed by atoms with Gasteiger partial charge in [0.05, 0.1) is 0 Å². The second-order valence-electron chi connectivity index (χ2n) is 3.67. The molecule has 0 radical (unpaired) electrons. The molecular weight excluding hydrogens is 298 g/mol. The first kappa shape index (κ1) is 15.4. The van der Waals surface area contributed by atoms with Crippen LogP contribution in [0, 0.1) is 0 Å². The molecule has 0 saturated heterocycles. The normalized spacial score (nSPS) is 11.3. The number of aromatic nitrogens is 2. The number of hydrogen-bond donors (Lipinski definition) is 2. The number of carbonyl (C=O) groups excluding carboxylic acids is 1. The van der Waals surface area contributed by atoms with Crippen LogP contribution in [0.3, 0.4) is 0 Å². The van der Waals surface area contributed by atoms with E-state index < -0.39 is 37.6 Å². The summed E-state index contributed by atoms with van der Waals surface area (Å²) in [6, 6.07) is 0. The molecule has 8 nitrogen and oxygen atoms in total. The van der Waals surface area contributed by atoms with Crippen molar-refractivity contribution in [2.75, 3.05) is 6.54 Å². The Morgan fingerprint density at radius 2 is 2.11 bits per heavy atom. The lowest BCUT2D eigenvalue weighted by Crippen LogP contribution is -2.37. The Labute approximate surface area is 112 Å². The third kappa shape index (κ3) is 4.21. The molecule has 1 heterocycles. The van der Waals surface area contributed by atoms with Gasteiger partial charge in [-0.25, -0.2) is 13.2 Å². The number of rotatable bonds is 5. The van der Waals surface area contributed by atoms with E-state index in [1.807, 2.05) is 6.92 Å². The molecule has 0 bridgehead atoms. The Hall–Kier alpha value is -1.61. The van der Waals surface area contributed by atoms with Crippen LogP contribution < -0.4 is 16.6 Å². The quantitative estimate of drug-likeness (QED) is 0.676. The molecule has 0 aliphatic carbocycles. The van der Waals surface area contributed by atoms with Crippen LogP contribution in [-0.4, -0.2) is 30.4 Å². The minimum Gasteiger partial charge on any atom is -0.355 e.